The highest BCUT2D eigenvalue weighted by Gasteiger charge is 2.13. The molecule has 0 amide bonds. The van der Waals surface area contributed by atoms with Crippen LogP contribution in [-0.2, 0) is 6.42 Å². The number of methoxy groups -OCH3 is 1. The molecule has 17 heavy (non-hydrogen) atoms. The van der Waals surface area contributed by atoms with Gasteiger partial charge in [0.2, 0.25) is 0 Å². The van der Waals surface area contributed by atoms with Crippen molar-refractivity contribution in [3.63, 3.8) is 0 Å². The molecule has 2 rings (SSSR count). The topological polar surface area (TPSA) is 9.23 Å². The minimum absolute atomic E-state index is 0.0436. The van der Waals surface area contributed by atoms with Crippen molar-refractivity contribution in [3.05, 3.63) is 51.7 Å². The van der Waals surface area contributed by atoms with Gasteiger partial charge in [-0.1, -0.05) is 12.1 Å². The van der Waals surface area contributed by atoms with E-state index in [-0.39, 0.29) is 5.38 Å². The predicted octanol–water partition coefficient (Wildman–Crippen LogP) is 4.59. The fourth-order valence-electron chi connectivity index (χ4n) is 1.80. The summed E-state index contributed by atoms with van der Waals surface area (Å²) in [4.78, 5) is 1.26. The van der Waals surface area contributed by atoms with Crippen LogP contribution in [0.2, 0.25) is 0 Å². The largest absolute Gasteiger partial charge is 0.497 e. The Morgan fingerprint density at radius 1 is 1.35 bits per heavy atom. The molecule has 0 saturated heterocycles. The molecule has 0 aliphatic rings. The van der Waals surface area contributed by atoms with E-state index in [0.29, 0.717) is 0 Å². The van der Waals surface area contributed by atoms with Crippen LogP contribution in [0.15, 0.2) is 35.7 Å². The normalized spacial score (nSPS) is 12.4. The average Bonchev–Trinajstić information content (AvgIpc) is 2.76. The second kappa shape index (κ2) is 5.56. The van der Waals surface area contributed by atoms with Gasteiger partial charge in [-0.3, -0.25) is 0 Å². The number of rotatable bonds is 4. The van der Waals surface area contributed by atoms with E-state index in [2.05, 4.69) is 24.4 Å². The van der Waals surface area contributed by atoms with Gasteiger partial charge in [-0.25, -0.2) is 0 Å². The Bertz CT molecular complexity index is 492. The summed E-state index contributed by atoms with van der Waals surface area (Å²) in [7, 11) is 1.68. The van der Waals surface area contributed by atoms with Crippen LogP contribution >= 0.6 is 22.9 Å². The molecule has 1 heterocycles. The summed E-state index contributed by atoms with van der Waals surface area (Å²) in [6.45, 7) is 2.10. The van der Waals surface area contributed by atoms with Crippen molar-refractivity contribution >= 4 is 22.9 Å². The van der Waals surface area contributed by atoms with Crippen molar-refractivity contribution in [1.82, 2.24) is 0 Å². The zero-order valence-corrected chi connectivity index (χ0v) is 11.5. The zero-order valence-electron chi connectivity index (χ0n) is 9.94. The van der Waals surface area contributed by atoms with E-state index in [0.717, 1.165) is 12.2 Å². The van der Waals surface area contributed by atoms with Crippen LogP contribution < -0.4 is 4.74 Å². The molecule has 0 aliphatic heterocycles. The van der Waals surface area contributed by atoms with E-state index in [1.165, 1.54) is 16.0 Å². The van der Waals surface area contributed by atoms with Crippen LogP contribution in [0.4, 0.5) is 0 Å². The molecular formula is C14H15ClOS. The molecule has 0 saturated carbocycles. The first kappa shape index (κ1) is 12.5. The lowest BCUT2D eigenvalue weighted by molar-refractivity contribution is 0.414. The minimum atomic E-state index is 0.0436. The summed E-state index contributed by atoms with van der Waals surface area (Å²) in [5.41, 5.74) is 2.48. The van der Waals surface area contributed by atoms with E-state index in [1.807, 2.05) is 18.2 Å². The van der Waals surface area contributed by atoms with Crippen molar-refractivity contribution in [3.8, 4) is 5.75 Å². The number of alkyl halides is 1. The molecule has 90 valence electrons. The molecule has 3 heteroatoms. The standard InChI is InChI=1S/C14H15ClOS/c1-10-6-7-17-14(10)13(15)9-11-4-3-5-12(8-11)16-2/h3-8,13H,9H2,1-2H3. The van der Waals surface area contributed by atoms with Gasteiger partial charge in [0, 0.05) is 4.88 Å². The Kier molecular flexibility index (Phi) is 4.08. The fraction of sp³-hybridized carbons (Fsp3) is 0.286. The molecule has 0 spiro atoms. The first-order chi connectivity index (χ1) is 8.20. The lowest BCUT2D eigenvalue weighted by Gasteiger charge is -2.10. The maximum atomic E-state index is 6.45. The second-order valence-corrected chi connectivity index (χ2v) is 5.47. The first-order valence-corrected chi connectivity index (χ1v) is 6.83. The molecule has 1 nitrogen and oxygen atoms in total. The van der Waals surface area contributed by atoms with Gasteiger partial charge >= 0.3 is 0 Å². The van der Waals surface area contributed by atoms with Gasteiger partial charge in [0.25, 0.3) is 0 Å². The number of thiophene rings is 1. The van der Waals surface area contributed by atoms with Gasteiger partial charge in [-0.2, -0.15) is 0 Å². The lowest BCUT2D eigenvalue weighted by Crippen LogP contribution is -1.95. The molecule has 0 aliphatic carbocycles. The third-order valence-electron chi connectivity index (χ3n) is 2.74. The van der Waals surface area contributed by atoms with Crippen molar-refractivity contribution in [1.29, 1.82) is 0 Å². The maximum absolute atomic E-state index is 6.45. The van der Waals surface area contributed by atoms with Crippen LogP contribution in [0, 0.1) is 6.92 Å². The summed E-state index contributed by atoms with van der Waals surface area (Å²) in [6.07, 6.45) is 0.833. The highest BCUT2D eigenvalue weighted by Crippen LogP contribution is 2.32. The van der Waals surface area contributed by atoms with Crippen molar-refractivity contribution in [2.75, 3.05) is 7.11 Å². The van der Waals surface area contributed by atoms with Crippen molar-refractivity contribution < 1.29 is 4.74 Å². The number of halogens is 1. The molecule has 2 aromatic rings. The fourth-order valence-corrected chi connectivity index (χ4v) is 3.21. The quantitative estimate of drug-likeness (QED) is 0.736. The molecule has 1 unspecified atom stereocenters. The first-order valence-electron chi connectivity index (χ1n) is 5.51. The van der Waals surface area contributed by atoms with Gasteiger partial charge in [-0.15, -0.1) is 22.9 Å². The summed E-state index contributed by atoms with van der Waals surface area (Å²) < 4.78 is 5.21. The number of hydrogen-bond donors (Lipinski definition) is 0. The molecule has 1 aromatic heterocycles. The third kappa shape index (κ3) is 3.02. The molecular weight excluding hydrogens is 252 g/mol. The minimum Gasteiger partial charge on any atom is -0.497 e. The highest BCUT2D eigenvalue weighted by molar-refractivity contribution is 7.10. The SMILES string of the molecule is COc1cccc(CC(Cl)c2sccc2C)c1. The zero-order chi connectivity index (χ0) is 12.3. The van der Waals surface area contributed by atoms with Gasteiger partial charge in [0.1, 0.15) is 5.75 Å². The molecule has 0 N–H and O–H groups in total. The van der Waals surface area contributed by atoms with Crippen molar-refractivity contribution in [2.45, 2.75) is 18.7 Å². The molecule has 0 fully saturated rings. The van der Waals surface area contributed by atoms with Gasteiger partial charge in [0.05, 0.1) is 12.5 Å². The van der Waals surface area contributed by atoms with Gasteiger partial charge < -0.3 is 4.74 Å². The smallest absolute Gasteiger partial charge is 0.119 e. The predicted molar refractivity (Wildman–Crippen MR) is 74.3 cm³/mol. The molecule has 0 radical (unpaired) electrons. The van der Waals surface area contributed by atoms with Crippen LogP contribution in [0.5, 0.6) is 5.75 Å². The van der Waals surface area contributed by atoms with Crippen LogP contribution in [0.25, 0.3) is 0 Å². The number of benzene rings is 1. The Balaban J connectivity index is 2.13. The van der Waals surface area contributed by atoms with E-state index in [9.17, 15) is 0 Å². The van der Waals surface area contributed by atoms with Crippen LogP contribution in [0.1, 0.15) is 21.4 Å². The summed E-state index contributed by atoms with van der Waals surface area (Å²) in [5.74, 6) is 0.884. The van der Waals surface area contributed by atoms with Crippen molar-refractivity contribution in [2.24, 2.45) is 0 Å². The number of hydrogen-bond acceptors (Lipinski definition) is 2. The Labute approximate surface area is 111 Å². The van der Waals surface area contributed by atoms with E-state index < -0.39 is 0 Å². The Morgan fingerprint density at radius 2 is 2.18 bits per heavy atom. The monoisotopic (exact) mass is 266 g/mol. The highest BCUT2D eigenvalue weighted by atomic mass is 35.5. The van der Waals surface area contributed by atoms with E-state index in [1.54, 1.807) is 18.4 Å². The Hall–Kier alpha value is -0.990. The van der Waals surface area contributed by atoms with Gasteiger partial charge in [0.15, 0.2) is 0 Å². The number of aryl methyl sites for hydroxylation is 1. The van der Waals surface area contributed by atoms with E-state index in [4.69, 9.17) is 16.3 Å². The van der Waals surface area contributed by atoms with Gasteiger partial charge in [-0.05, 0) is 48.1 Å². The number of ether oxygens (including phenoxy) is 1. The average molecular weight is 267 g/mol. The lowest BCUT2D eigenvalue weighted by atomic mass is 10.1. The summed E-state index contributed by atoms with van der Waals surface area (Å²) >= 11 is 8.18. The molecule has 1 atom stereocenters. The second-order valence-electron chi connectivity index (χ2n) is 3.99. The van der Waals surface area contributed by atoms with Crippen LogP contribution in [-0.4, -0.2) is 7.11 Å². The maximum Gasteiger partial charge on any atom is 0.119 e. The Morgan fingerprint density at radius 3 is 2.82 bits per heavy atom. The van der Waals surface area contributed by atoms with E-state index >= 15 is 0 Å². The molecule has 1 aromatic carbocycles. The van der Waals surface area contributed by atoms with Crippen LogP contribution in [0.3, 0.4) is 0 Å². The third-order valence-corrected chi connectivity index (χ3v) is 4.37. The molecule has 0 bridgehead atoms. The summed E-state index contributed by atoms with van der Waals surface area (Å²) in [6, 6.07) is 10.2. The summed E-state index contributed by atoms with van der Waals surface area (Å²) in [5, 5.41) is 2.13.